The maximum atomic E-state index is 13.4. The van der Waals surface area contributed by atoms with Crippen LogP contribution in [0.15, 0.2) is 18.2 Å². The summed E-state index contributed by atoms with van der Waals surface area (Å²) in [6.07, 6.45) is 1.66. The lowest BCUT2D eigenvalue weighted by Crippen LogP contribution is -2.33. The number of halogens is 1. The standard InChI is InChI=1S/C15H20FNOS/c1-11-3-4-12(9-14(11)16)15(18)5-7-17(2)13-6-8-19-10-13/h3-4,9,13H,5-8,10H2,1-2H3. The second-order valence-electron chi connectivity index (χ2n) is 5.14. The molecule has 0 saturated carbocycles. The quantitative estimate of drug-likeness (QED) is 0.773. The topological polar surface area (TPSA) is 20.3 Å². The van der Waals surface area contributed by atoms with Crippen molar-refractivity contribution in [1.29, 1.82) is 0 Å². The fourth-order valence-electron chi connectivity index (χ4n) is 2.24. The van der Waals surface area contributed by atoms with E-state index in [1.807, 2.05) is 11.8 Å². The summed E-state index contributed by atoms with van der Waals surface area (Å²) in [7, 11) is 2.07. The maximum Gasteiger partial charge on any atom is 0.164 e. The van der Waals surface area contributed by atoms with Gasteiger partial charge in [0, 0.05) is 30.3 Å². The number of aryl methyl sites for hydroxylation is 1. The zero-order valence-corrected chi connectivity index (χ0v) is 12.3. The zero-order chi connectivity index (χ0) is 13.8. The molecule has 0 bridgehead atoms. The van der Waals surface area contributed by atoms with Crippen LogP contribution in [0.4, 0.5) is 4.39 Å². The molecule has 0 spiro atoms. The van der Waals surface area contributed by atoms with Gasteiger partial charge in [-0.1, -0.05) is 12.1 Å². The van der Waals surface area contributed by atoms with Gasteiger partial charge >= 0.3 is 0 Å². The molecule has 1 aromatic rings. The van der Waals surface area contributed by atoms with E-state index in [1.54, 1.807) is 19.1 Å². The zero-order valence-electron chi connectivity index (χ0n) is 11.5. The highest BCUT2D eigenvalue weighted by atomic mass is 32.2. The van der Waals surface area contributed by atoms with E-state index in [2.05, 4.69) is 11.9 Å². The number of carbonyl (C=O) groups is 1. The smallest absolute Gasteiger partial charge is 0.164 e. The van der Waals surface area contributed by atoms with E-state index >= 15 is 0 Å². The van der Waals surface area contributed by atoms with Crippen molar-refractivity contribution in [1.82, 2.24) is 4.90 Å². The molecule has 2 nitrogen and oxygen atoms in total. The molecular formula is C15H20FNOS. The van der Waals surface area contributed by atoms with Gasteiger partial charge in [-0.3, -0.25) is 4.79 Å². The van der Waals surface area contributed by atoms with E-state index in [9.17, 15) is 9.18 Å². The Hall–Kier alpha value is -0.870. The van der Waals surface area contributed by atoms with Crippen LogP contribution in [0.5, 0.6) is 0 Å². The molecule has 0 amide bonds. The molecule has 1 unspecified atom stereocenters. The van der Waals surface area contributed by atoms with Crippen molar-refractivity contribution in [3.8, 4) is 0 Å². The van der Waals surface area contributed by atoms with Gasteiger partial charge in [0.15, 0.2) is 5.78 Å². The maximum absolute atomic E-state index is 13.4. The molecular weight excluding hydrogens is 261 g/mol. The predicted molar refractivity (Wildman–Crippen MR) is 78.4 cm³/mol. The average Bonchev–Trinajstić information content (AvgIpc) is 2.92. The first-order valence-electron chi connectivity index (χ1n) is 6.65. The van der Waals surface area contributed by atoms with Crippen molar-refractivity contribution in [3.05, 3.63) is 35.1 Å². The SMILES string of the molecule is Cc1ccc(C(=O)CCN(C)C2CCSC2)cc1F. The summed E-state index contributed by atoms with van der Waals surface area (Å²) in [6.45, 7) is 2.45. The Morgan fingerprint density at radius 2 is 2.32 bits per heavy atom. The average molecular weight is 281 g/mol. The number of hydrogen-bond acceptors (Lipinski definition) is 3. The van der Waals surface area contributed by atoms with Crippen molar-refractivity contribution < 1.29 is 9.18 Å². The molecule has 1 aliphatic rings. The number of rotatable bonds is 5. The van der Waals surface area contributed by atoms with Crippen LogP contribution < -0.4 is 0 Å². The van der Waals surface area contributed by atoms with Crippen LogP contribution in [0.25, 0.3) is 0 Å². The van der Waals surface area contributed by atoms with E-state index in [4.69, 9.17) is 0 Å². The van der Waals surface area contributed by atoms with Crippen molar-refractivity contribution in [3.63, 3.8) is 0 Å². The molecule has 0 aromatic heterocycles. The highest BCUT2D eigenvalue weighted by Crippen LogP contribution is 2.21. The normalized spacial score (nSPS) is 19.1. The minimum absolute atomic E-state index is 0.0244. The molecule has 1 saturated heterocycles. The van der Waals surface area contributed by atoms with Gasteiger partial charge in [0.25, 0.3) is 0 Å². The molecule has 104 valence electrons. The Morgan fingerprint density at radius 3 is 2.95 bits per heavy atom. The first kappa shape index (κ1) is 14.5. The summed E-state index contributed by atoms with van der Waals surface area (Å²) in [5.41, 5.74) is 1.06. The minimum atomic E-state index is -0.300. The van der Waals surface area contributed by atoms with E-state index < -0.39 is 0 Å². The molecule has 0 aliphatic carbocycles. The number of hydrogen-bond donors (Lipinski definition) is 0. The number of carbonyl (C=O) groups excluding carboxylic acids is 1. The van der Waals surface area contributed by atoms with Crippen LogP contribution >= 0.6 is 11.8 Å². The Balaban J connectivity index is 1.88. The number of ketones is 1. The minimum Gasteiger partial charge on any atom is -0.302 e. The van der Waals surface area contributed by atoms with Crippen molar-refractivity contribution in [2.75, 3.05) is 25.1 Å². The Kier molecular flexibility index (Phi) is 4.99. The highest BCUT2D eigenvalue weighted by molar-refractivity contribution is 7.99. The molecule has 19 heavy (non-hydrogen) atoms. The number of Topliss-reactive ketones (excluding diaryl/α,β-unsaturated/α-hetero) is 1. The third-order valence-electron chi connectivity index (χ3n) is 3.71. The first-order valence-corrected chi connectivity index (χ1v) is 7.80. The van der Waals surface area contributed by atoms with Crippen molar-refractivity contribution in [2.45, 2.75) is 25.8 Å². The van der Waals surface area contributed by atoms with Gasteiger partial charge in [-0.25, -0.2) is 4.39 Å². The van der Waals surface area contributed by atoms with Crippen LogP contribution in [0.1, 0.15) is 28.8 Å². The molecule has 1 aromatic carbocycles. The second-order valence-corrected chi connectivity index (χ2v) is 6.28. The Labute approximate surface area is 118 Å². The summed E-state index contributed by atoms with van der Waals surface area (Å²) < 4.78 is 13.4. The number of benzene rings is 1. The summed E-state index contributed by atoms with van der Waals surface area (Å²) in [6, 6.07) is 5.32. The third-order valence-corrected chi connectivity index (χ3v) is 4.86. The first-order chi connectivity index (χ1) is 9.08. The van der Waals surface area contributed by atoms with Gasteiger partial charge in [0.05, 0.1) is 0 Å². The monoisotopic (exact) mass is 281 g/mol. The Morgan fingerprint density at radius 1 is 1.53 bits per heavy atom. The summed E-state index contributed by atoms with van der Waals surface area (Å²) in [4.78, 5) is 14.3. The summed E-state index contributed by atoms with van der Waals surface area (Å²) in [5.74, 6) is 2.10. The molecule has 1 fully saturated rings. The van der Waals surface area contributed by atoms with E-state index in [0.717, 1.165) is 12.3 Å². The van der Waals surface area contributed by atoms with E-state index in [1.165, 1.54) is 18.2 Å². The van der Waals surface area contributed by atoms with Gasteiger partial charge in [-0.05, 0) is 37.8 Å². The van der Waals surface area contributed by atoms with Crippen LogP contribution in [0, 0.1) is 12.7 Å². The molecule has 1 aliphatic heterocycles. The summed E-state index contributed by atoms with van der Waals surface area (Å²) in [5, 5.41) is 0. The van der Waals surface area contributed by atoms with Gasteiger partial charge in [-0.2, -0.15) is 11.8 Å². The van der Waals surface area contributed by atoms with Crippen molar-refractivity contribution in [2.24, 2.45) is 0 Å². The lowest BCUT2D eigenvalue weighted by molar-refractivity contribution is 0.0962. The van der Waals surface area contributed by atoms with Crippen LogP contribution in [0.2, 0.25) is 0 Å². The highest BCUT2D eigenvalue weighted by Gasteiger charge is 2.20. The largest absolute Gasteiger partial charge is 0.302 e. The van der Waals surface area contributed by atoms with Crippen molar-refractivity contribution >= 4 is 17.5 Å². The Bertz CT molecular complexity index is 457. The molecule has 4 heteroatoms. The van der Waals surface area contributed by atoms with E-state index in [0.29, 0.717) is 23.6 Å². The number of nitrogens with zero attached hydrogens (tertiary/aromatic N) is 1. The molecule has 1 atom stereocenters. The van der Waals surface area contributed by atoms with Gasteiger partial charge < -0.3 is 4.90 Å². The number of thioether (sulfide) groups is 1. The lowest BCUT2D eigenvalue weighted by Gasteiger charge is -2.22. The van der Waals surface area contributed by atoms with Gasteiger partial charge in [-0.15, -0.1) is 0 Å². The lowest BCUT2D eigenvalue weighted by atomic mass is 10.1. The summed E-state index contributed by atoms with van der Waals surface area (Å²) >= 11 is 1.97. The second kappa shape index (κ2) is 6.53. The fourth-order valence-corrected chi connectivity index (χ4v) is 3.54. The van der Waals surface area contributed by atoms with Crippen LogP contribution in [-0.2, 0) is 0 Å². The van der Waals surface area contributed by atoms with Gasteiger partial charge in [0.1, 0.15) is 5.82 Å². The van der Waals surface area contributed by atoms with E-state index in [-0.39, 0.29) is 11.6 Å². The predicted octanol–water partition coefficient (Wildman–Crippen LogP) is 3.14. The molecule has 0 N–H and O–H groups in total. The van der Waals surface area contributed by atoms with Crippen LogP contribution in [-0.4, -0.2) is 41.8 Å². The van der Waals surface area contributed by atoms with Gasteiger partial charge in [0.2, 0.25) is 0 Å². The molecule has 2 rings (SSSR count). The molecule has 0 radical (unpaired) electrons. The molecule has 1 heterocycles. The fraction of sp³-hybridized carbons (Fsp3) is 0.533. The van der Waals surface area contributed by atoms with Crippen LogP contribution in [0.3, 0.4) is 0 Å². The third kappa shape index (κ3) is 3.80.